The van der Waals surface area contributed by atoms with Gasteiger partial charge in [0, 0.05) is 17.5 Å². The molecule has 1 aromatic heterocycles. The van der Waals surface area contributed by atoms with Gasteiger partial charge in [0.05, 0.1) is 16.8 Å². The number of nitrogen functional groups attached to an aromatic ring is 1. The lowest BCUT2D eigenvalue weighted by Gasteiger charge is -2.24. The Morgan fingerprint density at radius 3 is 2.74 bits per heavy atom. The van der Waals surface area contributed by atoms with Crippen LogP contribution in [0.4, 0.5) is 5.69 Å². The van der Waals surface area contributed by atoms with Gasteiger partial charge in [0.15, 0.2) is 0 Å². The van der Waals surface area contributed by atoms with E-state index in [9.17, 15) is 4.79 Å². The first kappa shape index (κ1) is 13.9. The lowest BCUT2D eigenvalue weighted by Crippen LogP contribution is -2.29. The molecule has 0 aliphatic heterocycles. The van der Waals surface area contributed by atoms with E-state index >= 15 is 0 Å². The highest BCUT2D eigenvalue weighted by molar-refractivity contribution is 7.10. The number of rotatable bonds is 3. The Morgan fingerprint density at radius 2 is 2.16 bits per heavy atom. The summed E-state index contributed by atoms with van der Waals surface area (Å²) in [5.74, 6) is -0.0655. The minimum absolute atomic E-state index is 0.0319. The molecule has 0 saturated carbocycles. The van der Waals surface area contributed by atoms with Crippen LogP contribution in [0.25, 0.3) is 0 Å². The van der Waals surface area contributed by atoms with Crippen LogP contribution in [0.15, 0.2) is 35.7 Å². The van der Waals surface area contributed by atoms with Crippen molar-refractivity contribution < 1.29 is 4.79 Å². The van der Waals surface area contributed by atoms with Crippen molar-refractivity contribution >= 4 is 34.5 Å². The normalized spacial score (nSPS) is 12.2. The van der Waals surface area contributed by atoms with Gasteiger partial charge in [-0.05, 0) is 36.6 Å². The van der Waals surface area contributed by atoms with Gasteiger partial charge in [0.25, 0.3) is 5.91 Å². The minimum Gasteiger partial charge on any atom is -0.398 e. The van der Waals surface area contributed by atoms with Crippen molar-refractivity contribution in [1.29, 1.82) is 0 Å². The fraction of sp³-hybridized carbons (Fsp3) is 0.214. The molecule has 5 heteroatoms. The molecule has 1 amide bonds. The lowest BCUT2D eigenvalue weighted by molar-refractivity contribution is 0.0745. The predicted octanol–water partition coefficient (Wildman–Crippen LogP) is 3.82. The topological polar surface area (TPSA) is 46.3 Å². The molecule has 2 N–H and O–H groups in total. The molecule has 100 valence electrons. The summed E-state index contributed by atoms with van der Waals surface area (Å²) in [5, 5.41) is 2.47. The summed E-state index contributed by atoms with van der Waals surface area (Å²) >= 11 is 7.50. The quantitative estimate of drug-likeness (QED) is 0.875. The number of hydrogen-bond donors (Lipinski definition) is 1. The zero-order chi connectivity index (χ0) is 14.0. The van der Waals surface area contributed by atoms with E-state index in [1.54, 1.807) is 41.5 Å². The maximum atomic E-state index is 12.4. The van der Waals surface area contributed by atoms with E-state index in [-0.39, 0.29) is 11.9 Å². The van der Waals surface area contributed by atoms with Crippen molar-refractivity contribution in [2.24, 2.45) is 0 Å². The Balaban J connectivity index is 2.21. The monoisotopic (exact) mass is 294 g/mol. The summed E-state index contributed by atoms with van der Waals surface area (Å²) in [6.07, 6.45) is 0. The number of anilines is 1. The average molecular weight is 295 g/mol. The third-order valence-corrected chi connectivity index (χ3v) is 4.49. The van der Waals surface area contributed by atoms with Gasteiger partial charge in [-0.15, -0.1) is 11.3 Å². The molecule has 0 saturated heterocycles. The second-order valence-corrected chi connectivity index (χ2v) is 5.73. The van der Waals surface area contributed by atoms with Crippen LogP contribution in [0.1, 0.15) is 28.2 Å². The molecule has 0 aliphatic rings. The fourth-order valence-electron chi connectivity index (χ4n) is 1.78. The van der Waals surface area contributed by atoms with Crippen molar-refractivity contribution in [2.75, 3.05) is 12.8 Å². The van der Waals surface area contributed by atoms with Gasteiger partial charge < -0.3 is 10.6 Å². The summed E-state index contributed by atoms with van der Waals surface area (Å²) in [6, 6.07) is 8.99. The van der Waals surface area contributed by atoms with Gasteiger partial charge in [-0.2, -0.15) is 0 Å². The number of benzene rings is 1. The van der Waals surface area contributed by atoms with E-state index in [4.69, 9.17) is 17.3 Å². The fourth-order valence-corrected chi connectivity index (χ4v) is 2.72. The molecule has 1 aromatic carbocycles. The van der Waals surface area contributed by atoms with Crippen LogP contribution in [0.3, 0.4) is 0 Å². The molecule has 2 aromatic rings. The molecule has 1 atom stereocenters. The molecule has 1 heterocycles. The second-order valence-electron chi connectivity index (χ2n) is 4.34. The number of hydrogen-bond acceptors (Lipinski definition) is 3. The number of halogens is 1. The Hall–Kier alpha value is -1.52. The first-order chi connectivity index (χ1) is 9.00. The first-order valence-corrected chi connectivity index (χ1v) is 7.12. The van der Waals surface area contributed by atoms with Crippen LogP contribution in [-0.2, 0) is 0 Å². The van der Waals surface area contributed by atoms with Crippen LogP contribution in [0, 0.1) is 0 Å². The number of carbonyl (C=O) groups excluding carboxylic acids is 1. The molecule has 0 fully saturated rings. The van der Waals surface area contributed by atoms with Crippen LogP contribution >= 0.6 is 22.9 Å². The Labute approximate surface area is 121 Å². The molecule has 0 aliphatic carbocycles. The summed E-state index contributed by atoms with van der Waals surface area (Å²) in [7, 11) is 1.79. The Bertz CT molecular complexity index is 583. The zero-order valence-electron chi connectivity index (χ0n) is 10.8. The maximum absolute atomic E-state index is 12.4. The number of carbonyl (C=O) groups is 1. The van der Waals surface area contributed by atoms with E-state index in [0.717, 1.165) is 4.88 Å². The third-order valence-electron chi connectivity index (χ3n) is 3.10. The highest BCUT2D eigenvalue weighted by Crippen LogP contribution is 2.26. The first-order valence-electron chi connectivity index (χ1n) is 5.86. The van der Waals surface area contributed by atoms with Gasteiger partial charge in [-0.1, -0.05) is 17.7 Å². The van der Waals surface area contributed by atoms with E-state index in [2.05, 4.69) is 0 Å². The largest absolute Gasteiger partial charge is 0.398 e. The molecular weight excluding hydrogens is 280 g/mol. The molecular formula is C14H15ClN2OS. The number of nitrogens with two attached hydrogens (primary N) is 1. The highest BCUT2D eigenvalue weighted by atomic mass is 35.5. The molecule has 19 heavy (non-hydrogen) atoms. The summed E-state index contributed by atoms with van der Waals surface area (Å²) in [6.45, 7) is 2.00. The highest BCUT2D eigenvalue weighted by Gasteiger charge is 2.19. The van der Waals surface area contributed by atoms with Crippen molar-refractivity contribution in [2.45, 2.75) is 13.0 Å². The van der Waals surface area contributed by atoms with Crippen molar-refractivity contribution in [1.82, 2.24) is 4.90 Å². The van der Waals surface area contributed by atoms with Gasteiger partial charge in [0.1, 0.15) is 0 Å². The average Bonchev–Trinajstić information content (AvgIpc) is 2.93. The summed E-state index contributed by atoms with van der Waals surface area (Å²) in [5.41, 5.74) is 6.70. The molecule has 0 spiro atoms. The second kappa shape index (κ2) is 5.63. The van der Waals surface area contributed by atoms with E-state index in [1.807, 2.05) is 24.4 Å². The van der Waals surface area contributed by atoms with Gasteiger partial charge in [0.2, 0.25) is 0 Å². The minimum atomic E-state index is -0.0655. The molecule has 0 radical (unpaired) electrons. The Kier molecular flexibility index (Phi) is 4.12. The van der Waals surface area contributed by atoms with E-state index in [1.165, 1.54) is 0 Å². The van der Waals surface area contributed by atoms with Gasteiger partial charge in [-0.25, -0.2) is 0 Å². The smallest absolute Gasteiger partial charge is 0.254 e. The Morgan fingerprint density at radius 1 is 1.42 bits per heavy atom. The SMILES string of the molecule is CC(c1cccs1)N(C)C(=O)c1ccc(Cl)c(N)c1. The lowest BCUT2D eigenvalue weighted by atomic mass is 10.1. The molecule has 1 unspecified atom stereocenters. The van der Waals surface area contributed by atoms with Crippen LogP contribution < -0.4 is 5.73 Å². The summed E-state index contributed by atoms with van der Waals surface area (Å²) in [4.78, 5) is 15.2. The predicted molar refractivity (Wildman–Crippen MR) is 80.7 cm³/mol. The maximum Gasteiger partial charge on any atom is 0.254 e. The third kappa shape index (κ3) is 2.91. The number of nitrogens with zero attached hydrogens (tertiary/aromatic N) is 1. The zero-order valence-corrected chi connectivity index (χ0v) is 12.3. The number of thiophene rings is 1. The van der Waals surface area contributed by atoms with Crippen LogP contribution in [-0.4, -0.2) is 17.9 Å². The summed E-state index contributed by atoms with van der Waals surface area (Å²) < 4.78 is 0. The van der Waals surface area contributed by atoms with Crippen molar-refractivity contribution in [3.05, 3.63) is 51.2 Å². The van der Waals surface area contributed by atoms with Crippen LogP contribution in [0.2, 0.25) is 5.02 Å². The van der Waals surface area contributed by atoms with E-state index < -0.39 is 0 Å². The standard InChI is InChI=1S/C14H15ClN2OS/c1-9(13-4-3-7-19-13)17(2)14(18)10-5-6-11(15)12(16)8-10/h3-9H,16H2,1-2H3. The molecule has 2 rings (SSSR count). The molecule has 3 nitrogen and oxygen atoms in total. The van der Waals surface area contributed by atoms with Crippen molar-refractivity contribution in [3.8, 4) is 0 Å². The van der Waals surface area contributed by atoms with Crippen LogP contribution in [0.5, 0.6) is 0 Å². The molecule has 0 bridgehead atoms. The van der Waals surface area contributed by atoms with E-state index in [0.29, 0.717) is 16.3 Å². The van der Waals surface area contributed by atoms with Crippen molar-refractivity contribution in [3.63, 3.8) is 0 Å². The number of amides is 1. The van der Waals surface area contributed by atoms with Gasteiger partial charge in [-0.3, -0.25) is 4.79 Å². The van der Waals surface area contributed by atoms with Gasteiger partial charge >= 0.3 is 0 Å².